The molecule has 0 spiro atoms. The zero-order chi connectivity index (χ0) is 21.9. The second-order valence-electron chi connectivity index (χ2n) is 8.47. The summed E-state index contributed by atoms with van der Waals surface area (Å²) in [5.74, 6) is 1.03. The van der Waals surface area contributed by atoms with Crippen molar-refractivity contribution < 1.29 is 9.53 Å². The quantitative estimate of drug-likeness (QED) is 0.364. The summed E-state index contributed by atoms with van der Waals surface area (Å²) in [6, 6.07) is 16.5. The minimum absolute atomic E-state index is 0.0991. The summed E-state index contributed by atoms with van der Waals surface area (Å²) in [6.45, 7) is 2.32. The molecule has 0 aliphatic heterocycles. The number of esters is 1. The summed E-state index contributed by atoms with van der Waals surface area (Å²) in [7, 11) is 0. The van der Waals surface area contributed by atoms with Crippen LogP contribution in [0.5, 0.6) is 5.75 Å². The molecule has 0 fully saturated rings. The van der Waals surface area contributed by atoms with E-state index in [1.54, 1.807) is 0 Å². The Labute approximate surface area is 187 Å². The van der Waals surface area contributed by atoms with E-state index in [1.807, 2.05) is 36.8 Å². The Hall–Kier alpha value is -3.67. The second kappa shape index (κ2) is 8.83. The Morgan fingerprint density at radius 2 is 2.00 bits per heavy atom. The number of rotatable bonds is 6. The van der Waals surface area contributed by atoms with Crippen molar-refractivity contribution in [3.63, 3.8) is 0 Å². The molecule has 0 saturated heterocycles. The molecule has 6 nitrogen and oxygen atoms in total. The minimum Gasteiger partial charge on any atom is -0.426 e. The highest BCUT2D eigenvalue weighted by Gasteiger charge is 2.24. The number of aromatic amines is 1. The fourth-order valence-corrected chi connectivity index (χ4v) is 4.79. The number of nitrogens with one attached hydrogen (secondary N) is 1. The number of fused-ring (bicyclic) bond motifs is 1. The molecule has 2 atom stereocenters. The molecule has 2 unspecified atom stereocenters. The lowest BCUT2D eigenvalue weighted by atomic mass is 9.83. The van der Waals surface area contributed by atoms with Gasteiger partial charge in [0.05, 0.1) is 12.4 Å². The third-order valence-corrected chi connectivity index (χ3v) is 6.21. The smallest absolute Gasteiger partial charge is 0.308 e. The first kappa shape index (κ1) is 20.2. The summed E-state index contributed by atoms with van der Waals surface area (Å²) < 4.78 is 7.48. The van der Waals surface area contributed by atoms with Crippen LogP contribution >= 0.6 is 0 Å². The predicted molar refractivity (Wildman–Crippen MR) is 121 cm³/mol. The fourth-order valence-electron chi connectivity index (χ4n) is 4.79. The Kier molecular flexibility index (Phi) is 5.58. The Balaban J connectivity index is 1.34. The first-order valence-electron chi connectivity index (χ1n) is 11.0. The summed E-state index contributed by atoms with van der Waals surface area (Å²) in [4.78, 5) is 11.4. The van der Waals surface area contributed by atoms with Gasteiger partial charge in [0.15, 0.2) is 0 Å². The molecule has 0 radical (unpaired) electrons. The van der Waals surface area contributed by atoms with Gasteiger partial charge in [-0.2, -0.15) is 10.2 Å². The third kappa shape index (κ3) is 4.21. The number of hydrogen-bond acceptors (Lipinski definition) is 4. The van der Waals surface area contributed by atoms with E-state index in [0.29, 0.717) is 11.7 Å². The standard InChI is InChI=1S/C26H26N4O2/c1-18(31)32-25-9-5-8-21-12-19(10-11-24(21)25)16-30-17-23(15-29-30)26(22-13-27-28-14-22)20-6-3-2-4-7-20/h2-9,13-15,17,19,26H,10-12,16H2,1H3,(H,27,28). The van der Waals surface area contributed by atoms with Crippen molar-refractivity contribution in [2.75, 3.05) is 0 Å². The molecule has 0 amide bonds. The molecule has 1 aliphatic carbocycles. The Morgan fingerprint density at radius 3 is 2.78 bits per heavy atom. The number of hydrogen-bond donors (Lipinski definition) is 1. The van der Waals surface area contributed by atoms with E-state index in [1.165, 1.54) is 23.6 Å². The molecule has 2 aromatic carbocycles. The largest absolute Gasteiger partial charge is 0.426 e. The molecule has 0 bridgehead atoms. The van der Waals surface area contributed by atoms with Gasteiger partial charge in [0.25, 0.3) is 0 Å². The van der Waals surface area contributed by atoms with Crippen LogP contribution in [0.2, 0.25) is 0 Å². The highest BCUT2D eigenvalue weighted by Crippen LogP contribution is 2.34. The van der Waals surface area contributed by atoms with Gasteiger partial charge in [-0.05, 0) is 47.9 Å². The van der Waals surface area contributed by atoms with Crippen molar-refractivity contribution in [2.45, 2.75) is 38.6 Å². The van der Waals surface area contributed by atoms with E-state index in [4.69, 9.17) is 9.84 Å². The van der Waals surface area contributed by atoms with Crippen molar-refractivity contribution in [1.29, 1.82) is 0 Å². The second-order valence-corrected chi connectivity index (χ2v) is 8.47. The van der Waals surface area contributed by atoms with Gasteiger partial charge < -0.3 is 4.74 Å². The molecule has 2 heterocycles. The number of ether oxygens (including phenoxy) is 1. The summed E-state index contributed by atoms with van der Waals surface area (Å²) in [5.41, 5.74) is 5.95. The number of aromatic nitrogens is 4. The zero-order valence-corrected chi connectivity index (χ0v) is 18.1. The number of H-pyrrole nitrogens is 1. The van der Waals surface area contributed by atoms with Crippen LogP contribution in [0.1, 0.15) is 47.1 Å². The van der Waals surface area contributed by atoms with Gasteiger partial charge in [-0.25, -0.2) is 0 Å². The van der Waals surface area contributed by atoms with Gasteiger partial charge in [-0.1, -0.05) is 42.5 Å². The van der Waals surface area contributed by atoms with Crippen molar-refractivity contribution in [3.8, 4) is 5.75 Å². The summed E-state index contributed by atoms with van der Waals surface area (Å²) in [5, 5.41) is 11.8. The average Bonchev–Trinajstić information content (AvgIpc) is 3.48. The topological polar surface area (TPSA) is 72.8 Å². The molecular weight excluding hydrogens is 400 g/mol. The number of carbonyl (C=O) groups excluding carboxylic acids is 1. The van der Waals surface area contributed by atoms with Gasteiger partial charge >= 0.3 is 5.97 Å². The first-order valence-corrected chi connectivity index (χ1v) is 11.0. The summed E-state index contributed by atoms with van der Waals surface area (Å²) in [6.07, 6.45) is 10.9. The number of carbonyl (C=O) groups is 1. The Bertz CT molecular complexity index is 1200. The Morgan fingerprint density at radius 1 is 1.12 bits per heavy atom. The molecule has 162 valence electrons. The maximum absolute atomic E-state index is 11.4. The number of nitrogens with zero attached hydrogens (tertiary/aromatic N) is 3. The zero-order valence-electron chi connectivity index (χ0n) is 18.1. The fraction of sp³-hybridized carbons (Fsp3) is 0.269. The molecule has 32 heavy (non-hydrogen) atoms. The highest BCUT2D eigenvalue weighted by atomic mass is 16.5. The van der Waals surface area contributed by atoms with E-state index in [0.717, 1.165) is 36.9 Å². The van der Waals surface area contributed by atoms with E-state index in [9.17, 15) is 4.79 Å². The molecule has 0 saturated carbocycles. The van der Waals surface area contributed by atoms with Crippen LogP contribution in [0.25, 0.3) is 0 Å². The van der Waals surface area contributed by atoms with Gasteiger partial charge in [-0.3, -0.25) is 14.6 Å². The van der Waals surface area contributed by atoms with Gasteiger partial charge in [0, 0.05) is 42.9 Å². The summed E-state index contributed by atoms with van der Waals surface area (Å²) >= 11 is 0. The highest BCUT2D eigenvalue weighted by molar-refractivity contribution is 5.70. The lowest BCUT2D eigenvalue weighted by Crippen LogP contribution is -2.20. The molecular formula is C26H26N4O2. The molecule has 6 heteroatoms. The minimum atomic E-state index is -0.268. The first-order chi connectivity index (χ1) is 15.7. The van der Waals surface area contributed by atoms with Crippen LogP contribution in [0, 0.1) is 5.92 Å². The van der Waals surface area contributed by atoms with Crippen LogP contribution in [0.3, 0.4) is 0 Å². The maximum Gasteiger partial charge on any atom is 0.308 e. The molecule has 2 aromatic heterocycles. The monoisotopic (exact) mass is 426 g/mol. The molecule has 5 rings (SSSR count). The maximum atomic E-state index is 11.4. The lowest BCUT2D eigenvalue weighted by Gasteiger charge is -2.26. The normalized spacial score (nSPS) is 16.3. The van der Waals surface area contributed by atoms with Crippen molar-refractivity contribution in [2.24, 2.45) is 5.92 Å². The van der Waals surface area contributed by atoms with Crippen LogP contribution in [-0.4, -0.2) is 25.9 Å². The van der Waals surface area contributed by atoms with Crippen molar-refractivity contribution in [3.05, 3.63) is 101 Å². The predicted octanol–water partition coefficient (Wildman–Crippen LogP) is 4.52. The molecule has 1 aliphatic rings. The van der Waals surface area contributed by atoms with Crippen LogP contribution in [0.4, 0.5) is 0 Å². The van der Waals surface area contributed by atoms with Gasteiger partial charge in [0.1, 0.15) is 5.75 Å². The van der Waals surface area contributed by atoms with Crippen molar-refractivity contribution >= 4 is 5.97 Å². The average molecular weight is 427 g/mol. The SMILES string of the molecule is CC(=O)Oc1cccc2c1CCC(Cn1cc(C(c3ccccc3)c3cn[nH]c3)cn1)C2. The van der Waals surface area contributed by atoms with E-state index >= 15 is 0 Å². The van der Waals surface area contributed by atoms with Gasteiger partial charge in [-0.15, -0.1) is 0 Å². The number of benzene rings is 2. The third-order valence-electron chi connectivity index (χ3n) is 6.21. The van der Waals surface area contributed by atoms with Crippen molar-refractivity contribution in [1.82, 2.24) is 20.0 Å². The van der Waals surface area contributed by atoms with Crippen LogP contribution in [-0.2, 0) is 24.2 Å². The van der Waals surface area contributed by atoms with E-state index in [-0.39, 0.29) is 11.9 Å². The lowest BCUT2D eigenvalue weighted by molar-refractivity contribution is -0.131. The van der Waals surface area contributed by atoms with E-state index in [2.05, 4.69) is 51.4 Å². The molecule has 4 aromatic rings. The van der Waals surface area contributed by atoms with Crippen LogP contribution in [0.15, 0.2) is 73.3 Å². The van der Waals surface area contributed by atoms with Gasteiger partial charge in [0.2, 0.25) is 0 Å². The molecule has 1 N–H and O–H groups in total. The van der Waals surface area contributed by atoms with E-state index < -0.39 is 0 Å². The van der Waals surface area contributed by atoms with Crippen LogP contribution < -0.4 is 4.74 Å².